The Balaban J connectivity index is 1.37. The van der Waals surface area contributed by atoms with E-state index in [0.717, 1.165) is 59.3 Å². The fourth-order valence-electron chi connectivity index (χ4n) is 5.41. The fourth-order valence-corrected chi connectivity index (χ4v) is 5.91. The third kappa shape index (κ3) is 3.78. The van der Waals surface area contributed by atoms with E-state index in [1.54, 1.807) is 0 Å². The molecule has 2 aromatic heterocycles. The van der Waals surface area contributed by atoms with Gasteiger partial charge in [0, 0.05) is 31.9 Å². The SMILES string of the molecule is Brc1cccc2c(-c3nc(-c4ccc5ccccc5c4)nc(-c4ccc5c(c4)oc4ccccc45)n3)cccc12. The van der Waals surface area contributed by atoms with Gasteiger partial charge < -0.3 is 4.42 Å². The molecule has 4 nitrogen and oxygen atoms in total. The highest BCUT2D eigenvalue weighted by atomic mass is 79.9. The monoisotopic (exact) mass is 577 g/mol. The molecule has 6 aromatic carbocycles. The van der Waals surface area contributed by atoms with Gasteiger partial charge in [-0.2, -0.15) is 0 Å². The van der Waals surface area contributed by atoms with E-state index in [4.69, 9.17) is 19.4 Å². The van der Waals surface area contributed by atoms with Gasteiger partial charge in [-0.15, -0.1) is 0 Å². The molecule has 8 aromatic rings. The second-order valence-electron chi connectivity index (χ2n) is 9.82. The predicted molar refractivity (Wildman–Crippen MR) is 166 cm³/mol. The lowest BCUT2D eigenvalue weighted by Crippen LogP contribution is -2.00. The maximum absolute atomic E-state index is 6.19. The number of furan rings is 1. The lowest BCUT2D eigenvalue weighted by atomic mass is 10.0. The Kier molecular flexibility index (Phi) is 5.25. The van der Waals surface area contributed by atoms with Crippen LogP contribution >= 0.6 is 15.9 Å². The zero-order valence-electron chi connectivity index (χ0n) is 21.2. The van der Waals surface area contributed by atoms with Gasteiger partial charge >= 0.3 is 0 Å². The highest BCUT2D eigenvalue weighted by molar-refractivity contribution is 9.10. The summed E-state index contributed by atoms with van der Waals surface area (Å²) in [6.45, 7) is 0. The number of fused-ring (bicyclic) bond motifs is 5. The maximum Gasteiger partial charge on any atom is 0.164 e. The summed E-state index contributed by atoms with van der Waals surface area (Å²) in [4.78, 5) is 15.0. The largest absolute Gasteiger partial charge is 0.456 e. The van der Waals surface area contributed by atoms with Crippen molar-refractivity contribution in [2.45, 2.75) is 0 Å². The van der Waals surface area contributed by atoms with Crippen LogP contribution in [0.2, 0.25) is 0 Å². The molecule has 0 spiro atoms. The first kappa shape index (κ1) is 23.1. The Labute approximate surface area is 238 Å². The molecular weight excluding hydrogens is 558 g/mol. The first-order valence-corrected chi connectivity index (χ1v) is 13.9. The molecule has 0 saturated carbocycles. The lowest BCUT2D eigenvalue weighted by molar-refractivity contribution is 0.669. The molecule has 0 radical (unpaired) electrons. The predicted octanol–water partition coefficient (Wildman–Crippen LogP) is 9.84. The highest BCUT2D eigenvalue weighted by Crippen LogP contribution is 2.35. The van der Waals surface area contributed by atoms with E-state index in [2.05, 4.69) is 82.7 Å². The van der Waals surface area contributed by atoms with E-state index in [0.29, 0.717) is 17.5 Å². The van der Waals surface area contributed by atoms with Crippen LogP contribution in [0.5, 0.6) is 0 Å². The minimum absolute atomic E-state index is 0.600. The number of nitrogens with zero attached hydrogens (tertiary/aromatic N) is 3. The van der Waals surface area contributed by atoms with E-state index in [1.165, 1.54) is 5.39 Å². The summed E-state index contributed by atoms with van der Waals surface area (Å²) in [6.07, 6.45) is 0. The molecule has 0 aliphatic rings. The van der Waals surface area contributed by atoms with Gasteiger partial charge in [0.15, 0.2) is 17.5 Å². The average molecular weight is 578 g/mol. The van der Waals surface area contributed by atoms with Crippen molar-refractivity contribution in [1.82, 2.24) is 15.0 Å². The number of benzene rings is 6. The van der Waals surface area contributed by atoms with Gasteiger partial charge in [-0.3, -0.25) is 0 Å². The summed E-state index contributed by atoms with van der Waals surface area (Å²) in [5, 5.41) is 6.67. The normalized spacial score (nSPS) is 11.6. The quantitative estimate of drug-likeness (QED) is 0.209. The Morgan fingerprint density at radius 3 is 2.00 bits per heavy atom. The van der Waals surface area contributed by atoms with Crippen LogP contribution < -0.4 is 0 Å². The van der Waals surface area contributed by atoms with Crippen LogP contribution in [-0.4, -0.2) is 15.0 Å². The fraction of sp³-hybridized carbons (Fsp3) is 0. The zero-order valence-corrected chi connectivity index (χ0v) is 22.8. The van der Waals surface area contributed by atoms with Gasteiger partial charge in [0.1, 0.15) is 11.2 Å². The molecule has 5 heteroatoms. The van der Waals surface area contributed by atoms with Crippen LogP contribution in [0.1, 0.15) is 0 Å². The van der Waals surface area contributed by atoms with Crippen molar-refractivity contribution < 1.29 is 4.42 Å². The topological polar surface area (TPSA) is 51.8 Å². The summed E-state index contributed by atoms with van der Waals surface area (Å²) in [7, 11) is 0. The minimum Gasteiger partial charge on any atom is -0.456 e. The molecule has 0 N–H and O–H groups in total. The van der Waals surface area contributed by atoms with Crippen molar-refractivity contribution in [1.29, 1.82) is 0 Å². The first-order valence-electron chi connectivity index (χ1n) is 13.1. The second-order valence-corrected chi connectivity index (χ2v) is 10.7. The Morgan fingerprint density at radius 2 is 1.10 bits per heavy atom. The van der Waals surface area contributed by atoms with Gasteiger partial charge in [0.05, 0.1) is 0 Å². The van der Waals surface area contributed by atoms with Crippen molar-refractivity contribution in [3.63, 3.8) is 0 Å². The first-order chi connectivity index (χ1) is 19.7. The van der Waals surface area contributed by atoms with E-state index < -0.39 is 0 Å². The number of rotatable bonds is 3. The molecule has 2 heterocycles. The summed E-state index contributed by atoms with van der Waals surface area (Å²) >= 11 is 3.70. The molecule has 0 aliphatic heterocycles. The standard InChI is InChI=1S/C35H20BrN3O/c36-30-13-6-10-25-26(30)11-5-12-29(25)35-38-33(23-16-15-21-7-1-2-8-22(21)19-23)37-34(39-35)24-17-18-28-27-9-3-4-14-31(27)40-32(28)20-24/h1-20H. The van der Waals surface area contributed by atoms with Gasteiger partial charge in [-0.05, 0) is 51.9 Å². The van der Waals surface area contributed by atoms with Crippen LogP contribution in [0, 0.1) is 0 Å². The average Bonchev–Trinajstić information content (AvgIpc) is 3.38. The summed E-state index contributed by atoms with van der Waals surface area (Å²) in [6, 6.07) is 41.3. The number of hydrogen-bond donors (Lipinski definition) is 0. The number of para-hydroxylation sites is 1. The van der Waals surface area contributed by atoms with E-state index in [9.17, 15) is 0 Å². The molecule has 0 bridgehead atoms. The molecule has 0 saturated heterocycles. The van der Waals surface area contributed by atoms with Crippen molar-refractivity contribution in [2.24, 2.45) is 0 Å². The van der Waals surface area contributed by atoms with Crippen LogP contribution in [0.15, 0.2) is 130 Å². The molecule has 188 valence electrons. The van der Waals surface area contributed by atoms with Crippen LogP contribution in [-0.2, 0) is 0 Å². The van der Waals surface area contributed by atoms with Crippen molar-refractivity contribution in [2.75, 3.05) is 0 Å². The summed E-state index contributed by atoms with van der Waals surface area (Å²) in [5.74, 6) is 1.85. The third-order valence-corrected chi connectivity index (χ3v) is 8.08. The Bertz CT molecular complexity index is 2250. The van der Waals surface area contributed by atoms with E-state index in [-0.39, 0.29) is 0 Å². The smallest absolute Gasteiger partial charge is 0.164 e. The Morgan fingerprint density at radius 1 is 0.450 bits per heavy atom. The molecule has 0 amide bonds. The lowest BCUT2D eigenvalue weighted by Gasteiger charge is -2.11. The van der Waals surface area contributed by atoms with E-state index >= 15 is 0 Å². The second kappa shape index (κ2) is 9.11. The Hall–Kier alpha value is -4.87. The minimum atomic E-state index is 0.600. The van der Waals surface area contributed by atoms with Crippen LogP contribution in [0.4, 0.5) is 0 Å². The molecule has 0 atom stereocenters. The van der Waals surface area contributed by atoms with Crippen LogP contribution in [0.3, 0.4) is 0 Å². The summed E-state index contributed by atoms with van der Waals surface area (Å²) < 4.78 is 7.22. The molecule has 0 unspecified atom stereocenters. The maximum atomic E-state index is 6.19. The van der Waals surface area contributed by atoms with Gasteiger partial charge in [0.2, 0.25) is 0 Å². The van der Waals surface area contributed by atoms with Crippen molar-refractivity contribution >= 4 is 59.4 Å². The van der Waals surface area contributed by atoms with Crippen molar-refractivity contribution in [3.05, 3.63) is 126 Å². The summed E-state index contributed by atoms with van der Waals surface area (Å²) in [5.41, 5.74) is 4.44. The van der Waals surface area contributed by atoms with Gasteiger partial charge in [-0.1, -0.05) is 107 Å². The molecular formula is C35H20BrN3O. The van der Waals surface area contributed by atoms with Gasteiger partial charge in [0.25, 0.3) is 0 Å². The number of halogens is 1. The zero-order chi connectivity index (χ0) is 26.6. The van der Waals surface area contributed by atoms with Gasteiger partial charge in [-0.25, -0.2) is 15.0 Å². The van der Waals surface area contributed by atoms with E-state index in [1.807, 2.05) is 54.6 Å². The molecule has 0 fully saturated rings. The molecule has 8 rings (SSSR count). The van der Waals surface area contributed by atoms with Crippen molar-refractivity contribution in [3.8, 4) is 34.2 Å². The molecule has 0 aliphatic carbocycles. The highest BCUT2D eigenvalue weighted by Gasteiger charge is 2.16. The number of aromatic nitrogens is 3. The van der Waals surface area contributed by atoms with Crippen LogP contribution in [0.25, 0.3) is 77.6 Å². The molecule has 40 heavy (non-hydrogen) atoms. The number of hydrogen-bond acceptors (Lipinski definition) is 4. The third-order valence-electron chi connectivity index (χ3n) is 7.39.